The summed E-state index contributed by atoms with van der Waals surface area (Å²) in [4.78, 5) is 3.43. The van der Waals surface area contributed by atoms with Gasteiger partial charge in [-0.25, -0.2) is 0 Å². The first-order valence-electron chi connectivity index (χ1n) is 9.89. The summed E-state index contributed by atoms with van der Waals surface area (Å²) in [6, 6.07) is 17.9. The summed E-state index contributed by atoms with van der Waals surface area (Å²) in [7, 11) is 0. The molecular weight excluding hydrogens is 326 g/mol. The third kappa shape index (κ3) is 2.53. The molecule has 1 nitrogen and oxygen atoms in total. The van der Waals surface area contributed by atoms with Crippen LogP contribution in [-0.4, -0.2) is 4.98 Å². The molecule has 1 atom stereocenters. The maximum absolute atomic E-state index is 3.43. The van der Waals surface area contributed by atoms with Gasteiger partial charge in [0.15, 0.2) is 0 Å². The number of H-pyrrole nitrogens is 1. The van der Waals surface area contributed by atoms with Crippen LogP contribution in [0.4, 0.5) is 0 Å². The number of allylic oxidation sites excluding steroid dienone is 1. The lowest BCUT2D eigenvalue weighted by Crippen LogP contribution is -2.00. The summed E-state index contributed by atoms with van der Waals surface area (Å²) in [6.07, 6.45) is 6.68. The lowest BCUT2D eigenvalue weighted by Gasteiger charge is -2.15. The molecular formula is C26H25N. The second-order valence-corrected chi connectivity index (χ2v) is 8.01. The zero-order valence-electron chi connectivity index (χ0n) is 16.3. The highest BCUT2D eigenvalue weighted by molar-refractivity contribution is 6.03. The molecule has 1 aromatic heterocycles. The van der Waals surface area contributed by atoms with Crippen LogP contribution < -0.4 is 0 Å². The van der Waals surface area contributed by atoms with Crippen LogP contribution >= 0.6 is 0 Å². The zero-order valence-corrected chi connectivity index (χ0v) is 16.3. The zero-order chi connectivity index (χ0) is 18.5. The van der Waals surface area contributed by atoms with E-state index in [2.05, 4.69) is 80.4 Å². The van der Waals surface area contributed by atoms with Gasteiger partial charge in [-0.3, -0.25) is 0 Å². The average molecular weight is 351 g/mol. The number of hydrogen-bond acceptors (Lipinski definition) is 0. The standard InChI is InChI=1S/C26H25N/c1-16-13-19-7-4-5-8-23(19)20(16)10-11-21-17(2)14-24-18(3)22-9-6-12-27-26(22)15-25(21)24/h4-9,12-15,20,27H,10-11H2,1-3H3. The van der Waals surface area contributed by atoms with Gasteiger partial charge in [-0.15, -0.1) is 0 Å². The molecule has 0 saturated carbocycles. The number of hydrogen-bond donors (Lipinski definition) is 1. The maximum Gasteiger partial charge on any atom is 0.0462 e. The summed E-state index contributed by atoms with van der Waals surface area (Å²) < 4.78 is 0. The quantitative estimate of drug-likeness (QED) is 0.406. The number of aromatic amines is 1. The van der Waals surface area contributed by atoms with Gasteiger partial charge in [-0.05, 0) is 84.3 Å². The van der Waals surface area contributed by atoms with Crippen molar-refractivity contribution < 1.29 is 0 Å². The molecule has 1 heterocycles. The molecule has 3 aromatic carbocycles. The Morgan fingerprint density at radius 1 is 0.889 bits per heavy atom. The van der Waals surface area contributed by atoms with Crippen LogP contribution in [0, 0.1) is 13.8 Å². The minimum Gasteiger partial charge on any atom is -0.361 e. The van der Waals surface area contributed by atoms with Crippen LogP contribution in [0.15, 0.2) is 60.3 Å². The second-order valence-electron chi connectivity index (χ2n) is 8.01. The molecule has 0 spiro atoms. The maximum atomic E-state index is 3.43. The van der Waals surface area contributed by atoms with Crippen LogP contribution in [0.25, 0.3) is 27.8 Å². The van der Waals surface area contributed by atoms with Crippen molar-refractivity contribution in [2.75, 3.05) is 0 Å². The average Bonchev–Trinajstić information content (AvgIpc) is 3.16. The highest BCUT2D eigenvalue weighted by Crippen LogP contribution is 2.40. The molecule has 1 unspecified atom stereocenters. The van der Waals surface area contributed by atoms with E-state index in [-0.39, 0.29) is 0 Å². The van der Waals surface area contributed by atoms with Gasteiger partial charge in [0, 0.05) is 23.0 Å². The van der Waals surface area contributed by atoms with Crippen molar-refractivity contribution in [3.8, 4) is 0 Å². The van der Waals surface area contributed by atoms with Crippen molar-refractivity contribution in [3.05, 3.63) is 88.1 Å². The van der Waals surface area contributed by atoms with Gasteiger partial charge >= 0.3 is 0 Å². The summed E-state index contributed by atoms with van der Waals surface area (Å²) in [5, 5.41) is 4.16. The number of pyridine rings is 1. The monoisotopic (exact) mass is 351 g/mol. The Labute approximate surface area is 160 Å². The molecule has 134 valence electrons. The van der Waals surface area contributed by atoms with E-state index in [1.807, 2.05) is 6.20 Å². The first kappa shape index (κ1) is 16.4. The molecule has 1 N–H and O–H groups in total. The molecule has 1 aliphatic rings. The number of aromatic nitrogens is 1. The Bertz CT molecular complexity index is 1210. The van der Waals surface area contributed by atoms with E-state index in [1.165, 1.54) is 61.5 Å². The smallest absolute Gasteiger partial charge is 0.0462 e. The fourth-order valence-electron chi connectivity index (χ4n) is 4.97. The van der Waals surface area contributed by atoms with Gasteiger partial charge in [0.2, 0.25) is 0 Å². The van der Waals surface area contributed by atoms with E-state index in [0.29, 0.717) is 5.92 Å². The molecule has 0 amide bonds. The molecule has 1 heteroatoms. The molecule has 1 aliphatic carbocycles. The van der Waals surface area contributed by atoms with Crippen LogP contribution in [-0.2, 0) is 6.42 Å². The summed E-state index contributed by atoms with van der Waals surface area (Å²) in [5.74, 6) is 0.554. The molecule has 4 aromatic rings. The minimum atomic E-state index is 0.554. The Morgan fingerprint density at radius 2 is 1.74 bits per heavy atom. The van der Waals surface area contributed by atoms with E-state index in [0.717, 1.165) is 6.42 Å². The minimum absolute atomic E-state index is 0.554. The number of fused-ring (bicyclic) bond motifs is 3. The highest BCUT2D eigenvalue weighted by Gasteiger charge is 2.22. The molecule has 0 fully saturated rings. The fourth-order valence-corrected chi connectivity index (χ4v) is 4.97. The lowest BCUT2D eigenvalue weighted by molar-refractivity contribution is 0.715. The third-order valence-corrected chi connectivity index (χ3v) is 6.42. The molecule has 0 radical (unpaired) electrons. The van der Waals surface area contributed by atoms with Crippen LogP contribution in [0.2, 0.25) is 0 Å². The third-order valence-electron chi connectivity index (χ3n) is 6.42. The Kier molecular flexibility index (Phi) is 3.72. The molecule has 0 aliphatic heterocycles. The topological polar surface area (TPSA) is 15.8 Å². The first-order valence-corrected chi connectivity index (χ1v) is 9.89. The van der Waals surface area contributed by atoms with Crippen molar-refractivity contribution in [2.45, 2.75) is 39.5 Å². The Balaban J connectivity index is 1.54. The van der Waals surface area contributed by atoms with Crippen LogP contribution in [0.3, 0.4) is 0 Å². The fraction of sp³-hybridized carbons (Fsp3) is 0.231. The van der Waals surface area contributed by atoms with Crippen molar-refractivity contribution >= 4 is 27.8 Å². The van der Waals surface area contributed by atoms with E-state index in [1.54, 1.807) is 0 Å². The number of benzene rings is 2. The van der Waals surface area contributed by atoms with Crippen molar-refractivity contribution in [2.24, 2.45) is 0 Å². The van der Waals surface area contributed by atoms with Crippen molar-refractivity contribution in [1.82, 2.24) is 4.98 Å². The SMILES string of the molecule is CC1=Cc2ccccc2C1CCc1c(C)cc2c(C)c3ccc[nH]c3cc12. The van der Waals surface area contributed by atoms with Gasteiger partial charge in [0.25, 0.3) is 0 Å². The largest absolute Gasteiger partial charge is 0.361 e. The van der Waals surface area contributed by atoms with E-state index < -0.39 is 0 Å². The first-order chi connectivity index (χ1) is 13.1. The van der Waals surface area contributed by atoms with Gasteiger partial charge < -0.3 is 4.98 Å². The van der Waals surface area contributed by atoms with Gasteiger partial charge in [-0.2, -0.15) is 0 Å². The van der Waals surface area contributed by atoms with Gasteiger partial charge in [-0.1, -0.05) is 48.0 Å². The molecule has 27 heavy (non-hydrogen) atoms. The summed E-state index contributed by atoms with van der Waals surface area (Å²) in [6.45, 7) is 6.81. The number of aryl methyl sites for hydroxylation is 3. The van der Waals surface area contributed by atoms with E-state index in [4.69, 9.17) is 0 Å². The summed E-state index contributed by atoms with van der Waals surface area (Å²) >= 11 is 0. The van der Waals surface area contributed by atoms with Gasteiger partial charge in [0.05, 0.1) is 0 Å². The molecule has 0 bridgehead atoms. The predicted molar refractivity (Wildman–Crippen MR) is 116 cm³/mol. The predicted octanol–water partition coefficient (Wildman–Crippen LogP) is 7.07. The summed E-state index contributed by atoms with van der Waals surface area (Å²) in [5.41, 5.74) is 9.96. The van der Waals surface area contributed by atoms with Gasteiger partial charge in [0.1, 0.15) is 0 Å². The Hall–Kier alpha value is -2.80. The van der Waals surface area contributed by atoms with Crippen molar-refractivity contribution in [3.63, 3.8) is 0 Å². The van der Waals surface area contributed by atoms with E-state index >= 15 is 0 Å². The lowest BCUT2D eigenvalue weighted by atomic mass is 9.89. The Morgan fingerprint density at radius 3 is 2.63 bits per heavy atom. The molecule has 5 rings (SSSR count). The van der Waals surface area contributed by atoms with Crippen LogP contribution in [0.1, 0.15) is 47.1 Å². The second kappa shape index (κ2) is 6.13. The normalized spacial score (nSPS) is 16.1. The van der Waals surface area contributed by atoms with Crippen molar-refractivity contribution in [1.29, 1.82) is 0 Å². The highest BCUT2D eigenvalue weighted by atomic mass is 14.6. The number of rotatable bonds is 3. The molecule has 0 saturated heterocycles. The van der Waals surface area contributed by atoms with E-state index in [9.17, 15) is 0 Å². The number of nitrogens with one attached hydrogen (secondary N) is 1. The van der Waals surface area contributed by atoms with Crippen LogP contribution in [0.5, 0.6) is 0 Å².